The number of rotatable bonds is 31. The quantitative estimate of drug-likeness (QED) is 0.0149. The summed E-state index contributed by atoms with van der Waals surface area (Å²) in [5.74, 6) is -6.34. The number of ether oxygens (including phenoxy) is 4. The lowest BCUT2D eigenvalue weighted by Crippen LogP contribution is -2.43. The fourth-order valence-electron chi connectivity index (χ4n) is 9.34. The van der Waals surface area contributed by atoms with Crippen molar-refractivity contribution in [2.45, 2.75) is 64.7 Å². The zero-order chi connectivity index (χ0) is 64.9. The Hall–Kier alpha value is -9.37. The van der Waals surface area contributed by atoms with Crippen LogP contribution in [0.1, 0.15) is 82.0 Å². The van der Waals surface area contributed by atoms with E-state index >= 15 is 0 Å². The highest BCUT2D eigenvalue weighted by Gasteiger charge is 2.32. The highest BCUT2D eigenvalue weighted by molar-refractivity contribution is 7.01. The fraction of sp³-hybridized carbons (Fsp3) is 0.250. The van der Waals surface area contributed by atoms with Gasteiger partial charge in [0.2, 0.25) is 0 Å². The summed E-state index contributed by atoms with van der Waals surface area (Å²) in [7, 11) is -8.96. The van der Waals surface area contributed by atoms with Gasteiger partial charge in [0.25, 0.3) is 0 Å². The van der Waals surface area contributed by atoms with Crippen LogP contribution in [-0.2, 0) is 58.0 Å². The molecule has 0 aromatic heterocycles. The van der Waals surface area contributed by atoms with Crippen molar-refractivity contribution in [2.75, 3.05) is 26.4 Å². The third-order valence-corrected chi connectivity index (χ3v) is 31.7. The van der Waals surface area contributed by atoms with Gasteiger partial charge >= 0.3 is 48.5 Å². The average molecular weight is 1280 g/mol. The van der Waals surface area contributed by atoms with Crippen LogP contribution in [0.2, 0.25) is 24.2 Å². The van der Waals surface area contributed by atoms with E-state index in [0.717, 1.165) is 44.9 Å². The van der Waals surface area contributed by atoms with Gasteiger partial charge in [-0.15, -0.1) is 52.6 Å². The Morgan fingerprint density at radius 2 is 0.511 bits per heavy atom. The lowest BCUT2D eigenvalue weighted by atomic mass is 9.88. The second kappa shape index (κ2) is 34.7. The van der Waals surface area contributed by atoms with Gasteiger partial charge in [0, 0.05) is 11.8 Å². The van der Waals surface area contributed by atoms with Crippen LogP contribution >= 0.6 is 0 Å². The van der Waals surface area contributed by atoms with Gasteiger partial charge < -0.3 is 18.9 Å². The monoisotopic (exact) mass is 1270 g/mol. The zero-order valence-electron chi connectivity index (χ0n) is 49.9. The average Bonchev–Trinajstić information content (AvgIpc) is 1.53. The van der Waals surface area contributed by atoms with Crippen LogP contribution < -0.4 is 20.7 Å². The van der Waals surface area contributed by atoms with Crippen LogP contribution in [0.3, 0.4) is 0 Å². The van der Waals surface area contributed by atoms with Gasteiger partial charge in [-0.05, 0) is 85.5 Å². The Morgan fingerprint density at radius 1 is 0.318 bits per heavy atom. The summed E-state index contributed by atoms with van der Waals surface area (Å²) < 4.78 is 21.0. The summed E-state index contributed by atoms with van der Waals surface area (Å²) >= 11 is 0. The maximum Gasteiger partial charge on any atom is 0.549 e. The van der Waals surface area contributed by atoms with E-state index in [0.29, 0.717) is 0 Å². The number of carbonyl (C=O) groups is 8. The minimum absolute atomic E-state index is 0.0226. The lowest BCUT2D eigenvalue weighted by Gasteiger charge is -2.26. The second-order valence-electron chi connectivity index (χ2n) is 19.8. The third kappa shape index (κ3) is 18.8. The van der Waals surface area contributed by atoms with Crippen molar-refractivity contribution >= 4 is 102 Å². The normalized spacial score (nSPS) is 11.8. The molecule has 0 amide bonds. The third-order valence-electron chi connectivity index (χ3n) is 15.5. The first-order chi connectivity index (χ1) is 42.2. The van der Waals surface area contributed by atoms with Crippen LogP contribution in [0.5, 0.6) is 0 Å². The van der Waals surface area contributed by atoms with Crippen molar-refractivity contribution in [1.82, 2.24) is 0 Å². The maximum absolute atomic E-state index is 13.1. The van der Waals surface area contributed by atoms with Gasteiger partial charge in [-0.1, -0.05) is 143 Å². The standard InChI is InChI=1S/C64H74O20Si4/c1-13-85(14-2,15-3)53-33-25-47(26-34-53)57(65)77-81-61(69)73-43-41-51(45-75-63(71)83-79-59(67)49-29-37-55(38-30-49)87(19-7,20-8)21-9)52(46-76-64(72)84-80-60(68)50-31-39-56(40-32-50)88(22-10,23-11)24-12)42-44-74-62(70)82-78-58(66)48-27-35-54(36-28-48)86(16-4,17-5)18-6/h13-14,16-17,19-20,22-23,25-40,51-52H,1-2,4-5,7-8,10-11,15,18,21,24,41-46H2,3,6,9,12H3. The summed E-state index contributed by atoms with van der Waals surface area (Å²) in [6.45, 7) is 37.2. The molecule has 2 atom stereocenters. The topological polar surface area (TPSA) is 247 Å². The molecule has 0 aliphatic heterocycles. The Bertz CT molecular complexity index is 2920. The minimum Gasteiger partial charge on any atom is -0.432 e. The van der Waals surface area contributed by atoms with Crippen molar-refractivity contribution in [3.8, 4) is 0 Å². The number of hydrogen-bond acceptors (Lipinski definition) is 20. The summed E-state index contributed by atoms with van der Waals surface area (Å²) in [4.78, 5) is 141. The smallest absolute Gasteiger partial charge is 0.432 e. The summed E-state index contributed by atoms with van der Waals surface area (Å²) in [5, 5.41) is 3.72. The SMILES string of the molecule is C=C[Si](C=C)(CC)c1ccc(C(=O)OOC(=O)OCCC(COC(=O)OOC(=O)c2ccc([Si](C=C)(C=C)CC)cc2)C(CCOC(=O)OOC(=O)c2ccc([Si](C=C)(C=C)CC)cc2)COC(=O)OOC(=O)c2ccc([Si](C=C)(C=C)CC)cc2)cc1. The summed E-state index contributed by atoms with van der Waals surface area (Å²) in [6.07, 6.45) is -6.57. The molecule has 0 radical (unpaired) electrons. The van der Waals surface area contributed by atoms with Crippen molar-refractivity contribution in [2.24, 2.45) is 11.8 Å². The fourth-order valence-corrected chi connectivity index (χ4v) is 19.0. The first kappa shape index (κ1) is 71.1. The predicted molar refractivity (Wildman–Crippen MR) is 338 cm³/mol. The van der Waals surface area contributed by atoms with E-state index in [1.165, 1.54) is 48.5 Å². The Balaban J connectivity index is 1.53. The summed E-state index contributed by atoms with van der Waals surface area (Å²) in [6, 6.07) is 28.8. The van der Waals surface area contributed by atoms with E-state index in [2.05, 4.69) is 62.4 Å². The minimum atomic E-state index is -2.25. The van der Waals surface area contributed by atoms with Crippen molar-refractivity contribution in [1.29, 1.82) is 0 Å². The molecule has 20 nitrogen and oxygen atoms in total. The van der Waals surface area contributed by atoms with Gasteiger partial charge in [0.15, 0.2) is 0 Å². The molecule has 88 heavy (non-hydrogen) atoms. The second-order valence-corrected chi connectivity index (χ2v) is 36.5. The van der Waals surface area contributed by atoms with Crippen molar-refractivity contribution in [3.05, 3.63) is 218 Å². The first-order valence-electron chi connectivity index (χ1n) is 28.0. The largest absolute Gasteiger partial charge is 0.549 e. The molecule has 0 heterocycles. The molecule has 0 spiro atoms. The molecule has 2 unspecified atom stereocenters. The van der Waals surface area contributed by atoms with Crippen LogP contribution in [0.25, 0.3) is 0 Å². The molecule has 4 aromatic rings. The molecule has 0 saturated carbocycles. The number of carbonyl (C=O) groups excluding carboxylic acids is 8. The lowest BCUT2D eigenvalue weighted by molar-refractivity contribution is -0.208. The van der Waals surface area contributed by atoms with Gasteiger partial charge in [-0.3, -0.25) is 0 Å². The van der Waals surface area contributed by atoms with E-state index < -0.39 is 119 Å². The van der Waals surface area contributed by atoms with E-state index in [9.17, 15) is 38.4 Å². The van der Waals surface area contributed by atoms with Crippen molar-refractivity contribution < 1.29 is 96.4 Å². The molecular weight excluding hydrogens is 1200 g/mol. The molecular formula is C64H74O20Si4. The van der Waals surface area contributed by atoms with Gasteiger partial charge in [-0.25, -0.2) is 58.3 Å². The van der Waals surface area contributed by atoms with Gasteiger partial charge in [-0.2, -0.15) is 19.2 Å². The van der Waals surface area contributed by atoms with Crippen LogP contribution in [0, 0.1) is 11.8 Å². The highest BCUT2D eigenvalue weighted by Crippen LogP contribution is 2.24. The van der Waals surface area contributed by atoms with Gasteiger partial charge in [0.1, 0.15) is 32.3 Å². The van der Waals surface area contributed by atoms with E-state index in [-0.39, 0.29) is 35.1 Å². The van der Waals surface area contributed by atoms with Crippen LogP contribution in [0.4, 0.5) is 19.2 Å². The van der Waals surface area contributed by atoms with E-state index in [1.54, 1.807) is 48.5 Å². The molecule has 0 bridgehead atoms. The molecule has 24 heteroatoms. The van der Waals surface area contributed by atoms with E-state index in [1.807, 2.05) is 73.3 Å². The maximum atomic E-state index is 13.1. The number of benzene rings is 4. The molecule has 0 saturated heterocycles. The first-order valence-corrected chi connectivity index (χ1v) is 37.4. The molecule has 4 aromatic carbocycles. The van der Waals surface area contributed by atoms with Crippen molar-refractivity contribution in [3.63, 3.8) is 0 Å². The molecule has 0 aliphatic carbocycles. The zero-order valence-corrected chi connectivity index (χ0v) is 53.9. The molecule has 0 N–H and O–H groups in total. The molecule has 0 aliphatic rings. The summed E-state index contributed by atoms with van der Waals surface area (Å²) in [5.41, 5.74) is 15.1. The van der Waals surface area contributed by atoms with E-state index in [4.69, 9.17) is 48.3 Å². The molecule has 0 fully saturated rings. The predicted octanol–water partition coefficient (Wildman–Crippen LogP) is 11.2. The highest BCUT2D eigenvalue weighted by atomic mass is 28.3. The van der Waals surface area contributed by atoms with Gasteiger partial charge in [0.05, 0.1) is 48.7 Å². The molecule has 4 rings (SSSR count). The Kier molecular flexibility index (Phi) is 28.0. The van der Waals surface area contributed by atoms with Crippen LogP contribution in [-0.4, -0.2) is 107 Å². The Morgan fingerprint density at radius 3 is 0.693 bits per heavy atom. The Labute approximate surface area is 516 Å². The van der Waals surface area contributed by atoms with Crippen LogP contribution in [0.15, 0.2) is 195 Å². The number of hydrogen-bond donors (Lipinski definition) is 0. The molecule has 466 valence electrons.